The molecule has 0 spiro atoms. The molecular weight excluding hydrogens is 262 g/mol. The Morgan fingerprint density at radius 1 is 1.47 bits per heavy atom. The van der Waals surface area contributed by atoms with Gasteiger partial charge in [-0.25, -0.2) is 8.42 Å². The molecule has 0 radical (unpaired) electrons. The number of hydrogen-bond donors (Lipinski definition) is 2. The van der Waals surface area contributed by atoms with Crippen LogP contribution in [0.4, 0.5) is 5.13 Å². The van der Waals surface area contributed by atoms with Crippen LogP contribution in [0.15, 0.2) is 4.34 Å². The molecule has 8 heteroatoms. The topological polar surface area (TPSA) is 92.2 Å². The van der Waals surface area contributed by atoms with E-state index in [2.05, 4.69) is 15.5 Å². The maximum absolute atomic E-state index is 11.9. The molecule has 96 valence electrons. The fourth-order valence-electron chi connectivity index (χ4n) is 1.32. The zero-order valence-electron chi connectivity index (χ0n) is 9.67. The zero-order chi connectivity index (χ0) is 12.7. The minimum atomic E-state index is -3.56. The van der Waals surface area contributed by atoms with Crippen LogP contribution >= 0.6 is 11.3 Å². The second-order valence-corrected chi connectivity index (χ2v) is 8.00. The van der Waals surface area contributed by atoms with Crippen molar-refractivity contribution >= 4 is 26.3 Å². The summed E-state index contributed by atoms with van der Waals surface area (Å²) in [6.45, 7) is 2.91. The van der Waals surface area contributed by atoms with Crippen LogP contribution in [0.2, 0.25) is 0 Å². The second-order valence-electron chi connectivity index (χ2n) is 4.86. The zero-order valence-corrected chi connectivity index (χ0v) is 11.3. The SMILES string of the molecule is CC(C)(O)CS(=O)(=O)c1nnc(NC2CC2)s1. The van der Waals surface area contributed by atoms with Crippen molar-refractivity contribution in [2.24, 2.45) is 0 Å². The summed E-state index contributed by atoms with van der Waals surface area (Å²) in [5, 5.41) is 20.6. The van der Waals surface area contributed by atoms with Gasteiger partial charge in [-0.05, 0) is 26.7 Å². The van der Waals surface area contributed by atoms with Crippen molar-refractivity contribution < 1.29 is 13.5 Å². The number of rotatable bonds is 5. The van der Waals surface area contributed by atoms with Crippen LogP contribution in [0, 0.1) is 0 Å². The lowest BCUT2D eigenvalue weighted by atomic mass is 10.2. The summed E-state index contributed by atoms with van der Waals surface area (Å²) in [6.07, 6.45) is 2.18. The van der Waals surface area contributed by atoms with Crippen LogP contribution in [0.3, 0.4) is 0 Å². The summed E-state index contributed by atoms with van der Waals surface area (Å²) >= 11 is 1.02. The van der Waals surface area contributed by atoms with Crippen LogP contribution in [-0.2, 0) is 9.84 Å². The van der Waals surface area contributed by atoms with Gasteiger partial charge in [-0.1, -0.05) is 11.3 Å². The van der Waals surface area contributed by atoms with Crippen molar-refractivity contribution in [2.45, 2.75) is 42.7 Å². The standard InChI is InChI=1S/C9H15N3O3S2/c1-9(2,13)5-17(14,15)8-12-11-7(16-8)10-6-3-4-6/h6,13H,3-5H2,1-2H3,(H,10,11). The first-order chi connectivity index (χ1) is 7.76. The Morgan fingerprint density at radius 3 is 2.65 bits per heavy atom. The molecule has 0 aromatic carbocycles. The molecule has 1 aromatic rings. The van der Waals surface area contributed by atoms with Crippen LogP contribution in [0.25, 0.3) is 0 Å². The van der Waals surface area contributed by atoms with E-state index in [0.717, 1.165) is 24.2 Å². The first-order valence-electron chi connectivity index (χ1n) is 5.31. The largest absolute Gasteiger partial charge is 0.389 e. The lowest BCUT2D eigenvalue weighted by Crippen LogP contribution is -2.30. The third kappa shape index (κ3) is 3.62. The van der Waals surface area contributed by atoms with Crippen molar-refractivity contribution in [3.05, 3.63) is 0 Å². The van der Waals surface area contributed by atoms with Gasteiger partial charge in [-0.2, -0.15) is 0 Å². The second kappa shape index (κ2) is 4.18. The molecule has 0 saturated heterocycles. The number of aromatic nitrogens is 2. The molecular formula is C9H15N3O3S2. The molecule has 1 fully saturated rings. The van der Waals surface area contributed by atoms with E-state index in [9.17, 15) is 13.5 Å². The molecule has 1 aliphatic carbocycles. The van der Waals surface area contributed by atoms with Crippen molar-refractivity contribution in [1.82, 2.24) is 10.2 Å². The number of anilines is 1. The molecule has 1 saturated carbocycles. The van der Waals surface area contributed by atoms with Crippen molar-refractivity contribution in [1.29, 1.82) is 0 Å². The van der Waals surface area contributed by atoms with Gasteiger partial charge in [0.15, 0.2) is 0 Å². The maximum Gasteiger partial charge on any atom is 0.234 e. The molecule has 6 nitrogen and oxygen atoms in total. The van der Waals surface area contributed by atoms with Gasteiger partial charge in [-0.15, -0.1) is 10.2 Å². The fraction of sp³-hybridized carbons (Fsp3) is 0.778. The van der Waals surface area contributed by atoms with Gasteiger partial charge in [0.05, 0.1) is 11.4 Å². The molecule has 0 bridgehead atoms. The first kappa shape index (κ1) is 12.7. The summed E-state index contributed by atoms with van der Waals surface area (Å²) in [6, 6.07) is 0.410. The van der Waals surface area contributed by atoms with Crippen LogP contribution in [0.1, 0.15) is 26.7 Å². The van der Waals surface area contributed by atoms with Gasteiger partial charge in [-0.3, -0.25) is 0 Å². The van der Waals surface area contributed by atoms with Crippen LogP contribution in [-0.4, -0.2) is 41.1 Å². The number of hydrogen-bond acceptors (Lipinski definition) is 7. The molecule has 1 aliphatic rings. The van der Waals surface area contributed by atoms with Crippen molar-refractivity contribution in [2.75, 3.05) is 11.1 Å². The monoisotopic (exact) mass is 277 g/mol. The Bertz CT molecular complexity index is 500. The fourth-order valence-corrected chi connectivity index (χ4v) is 4.02. The molecule has 1 aromatic heterocycles. The highest BCUT2D eigenvalue weighted by atomic mass is 32.2. The summed E-state index contributed by atoms with van der Waals surface area (Å²) < 4.78 is 23.7. The quantitative estimate of drug-likeness (QED) is 0.821. The van der Waals surface area contributed by atoms with Crippen molar-refractivity contribution in [3.8, 4) is 0 Å². The number of aliphatic hydroxyl groups is 1. The third-order valence-corrected chi connectivity index (χ3v) is 5.48. The minimum absolute atomic E-state index is 0.0391. The molecule has 2 rings (SSSR count). The van der Waals surface area contributed by atoms with Gasteiger partial charge < -0.3 is 10.4 Å². The number of sulfone groups is 1. The average Bonchev–Trinajstić information content (AvgIpc) is 2.76. The van der Waals surface area contributed by atoms with E-state index >= 15 is 0 Å². The van der Waals surface area contributed by atoms with Gasteiger partial charge >= 0.3 is 0 Å². The van der Waals surface area contributed by atoms with Gasteiger partial charge in [0.2, 0.25) is 19.3 Å². The van der Waals surface area contributed by atoms with Gasteiger partial charge in [0, 0.05) is 6.04 Å². The number of nitrogens with zero attached hydrogens (tertiary/aromatic N) is 2. The van der Waals surface area contributed by atoms with E-state index in [1.165, 1.54) is 13.8 Å². The van der Waals surface area contributed by atoms with Crippen LogP contribution in [0.5, 0.6) is 0 Å². The Balaban J connectivity index is 2.12. The highest BCUT2D eigenvalue weighted by Gasteiger charge is 2.29. The molecule has 2 N–H and O–H groups in total. The average molecular weight is 277 g/mol. The lowest BCUT2D eigenvalue weighted by molar-refractivity contribution is 0.105. The van der Waals surface area contributed by atoms with E-state index in [1.807, 2.05) is 0 Å². The van der Waals surface area contributed by atoms with Crippen LogP contribution < -0.4 is 5.32 Å². The van der Waals surface area contributed by atoms with E-state index in [1.54, 1.807) is 0 Å². The number of nitrogens with one attached hydrogen (secondary N) is 1. The summed E-state index contributed by atoms with van der Waals surface area (Å²) in [4.78, 5) is 0. The van der Waals surface area contributed by atoms with E-state index < -0.39 is 15.4 Å². The Labute approximate surface area is 104 Å². The van der Waals surface area contributed by atoms with Crippen molar-refractivity contribution in [3.63, 3.8) is 0 Å². The van der Waals surface area contributed by atoms with E-state index in [-0.39, 0.29) is 10.1 Å². The summed E-state index contributed by atoms with van der Waals surface area (Å²) in [5.74, 6) is -0.349. The Hall–Kier alpha value is -0.730. The minimum Gasteiger partial charge on any atom is -0.389 e. The third-order valence-electron chi connectivity index (χ3n) is 2.12. The molecule has 0 aliphatic heterocycles. The van der Waals surface area contributed by atoms with Gasteiger partial charge in [0.25, 0.3) is 0 Å². The lowest BCUT2D eigenvalue weighted by Gasteiger charge is -2.15. The predicted octanol–water partition coefficient (Wildman–Crippen LogP) is 0.657. The highest BCUT2D eigenvalue weighted by Crippen LogP contribution is 2.28. The van der Waals surface area contributed by atoms with E-state index in [4.69, 9.17) is 0 Å². The normalized spacial score (nSPS) is 17.1. The molecule has 0 atom stereocenters. The summed E-state index contributed by atoms with van der Waals surface area (Å²) in [5.41, 5.74) is -1.27. The first-order valence-corrected chi connectivity index (χ1v) is 7.78. The maximum atomic E-state index is 11.9. The Kier molecular flexibility index (Phi) is 3.13. The van der Waals surface area contributed by atoms with E-state index in [0.29, 0.717) is 11.2 Å². The predicted molar refractivity (Wildman–Crippen MR) is 64.9 cm³/mol. The molecule has 1 heterocycles. The van der Waals surface area contributed by atoms with Gasteiger partial charge in [0.1, 0.15) is 0 Å². The smallest absolute Gasteiger partial charge is 0.234 e. The highest BCUT2D eigenvalue weighted by molar-refractivity contribution is 7.93. The molecule has 17 heavy (non-hydrogen) atoms. The molecule has 0 unspecified atom stereocenters. The summed E-state index contributed by atoms with van der Waals surface area (Å²) in [7, 11) is -3.56. The Morgan fingerprint density at radius 2 is 2.12 bits per heavy atom. The molecule has 0 amide bonds.